The Hall–Kier alpha value is -1.61. The second kappa shape index (κ2) is 7.25. The molecule has 1 fully saturated rings. The summed E-state index contributed by atoms with van der Waals surface area (Å²) in [6.07, 6.45) is 4.94. The van der Waals surface area contributed by atoms with Gasteiger partial charge in [0.25, 0.3) is 5.91 Å². The van der Waals surface area contributed by atoms with Crippen molar-refractivity contribution < 1.29 is 4.79 Å². The second-order valence-corrected chi connectivity index (χ2v) is 5.45. The topological polar surface area (TPSA) is 32.3 Å². The fourth-order valence-corrected chi connectivity index (χ4v) is 2.70. The highest BCUT2D eigenvalue weighted by Crippen LogP contribution is 2.11. The summed E-state index contributed by atoms with van der Waals surface area (Å²) in [5, 5.41) is 3.13. The average Bonchev–Trinajstić information content (AvgIpc) is 2.88. The van der Waals surface area contributed by atoms with Gasteiger partial charge in [0.05, 0.1) is 0 Å². The molecule has 0 bridgehead atoms. The molecule has 108 valence electrons. The van der Waals surface area contributed by atoms with Crippen molar-refractivity contribution in [2.45, 2.75) is 32.2 Å². The van der Waals surface area contributed by atoms with Gasteiger partial charge in [0.1, 0.15) is 0 Å². The van der Waals surface area contributed by atoms with Crippen molar-refractivity contribution >= 4 is 5.91 Å². The minimum absolute atomic E-state index is 0.0403. The molecular weight excluding hydrogens is 248 g/mol. The van der Waals surface area contributed by atoms with Gasteiger partial charge in [-0.25, -0.2) is 0 Å². The van der Waals surface area contributed by atoms with Crippen LogP contribution in [0.4, 0.5) is 0 Å². The smallest absolute Gasteiger partial charge is 0.251 e. The first-order valence-corrected chi connectivity index (χ1v) is 7.46. The highest BCUT2D eigenvalue weighted by Gasteiger charge is 2.23. The summed E-state index contributed by atoms with van der Waals surface area (Å²) in [4.78, 5) is 14.6. The van der Waals surface area contributed by atoms with Gasteiger partial charge in [-0.1, -0.05) is 25.1 Å². The molecule has 0 aromatic heterocycles. The van der Waals surface area contributed by atoms with Gasteiger partial charge in [-0.3, -0.25) is 4.79 Å². The van der Waals surface area contributed by atoms with E-state index in [9.17, 15) is 4.79 Å². The zero-order valence-electron chi connectivity index (χ0n) is 12.3. The number of hydrogen-bond donors (Lipinski definition) is 1. The fraction of sp³-hybridized carbons (Fsp3) is 0.471. The number of rotatable bonds is 6. The molecule has 0 spiro atoms. The van der Waals surface area contributed by atoms with Gasteiger partial charge in [-0.2, -0.15) is 0 Å². The number of nitrogens with zero attached hydrogens (tertiary/aromatic N) is 1. The van der Waals surface area contributed by atoms with Crippen LogP contribution < -0.4 is 5.32 Å². The maximum atomic E-state index is 12.2. The first-order chi connectivity index (χ1) is 9.72. The van der Waals surface area contributed by atoms with E-state index in [0.29, 0.717) is 6.04 Å². The average molecular weight is 272 g/mol. The van der Waals surface area contributed by atoms with Gasteiger partial charge in [-0.05, 0) is 43.5 Å². The Morgan fingerprint density at radius 3 is 2.85 bits per heavy atom. The van der Waals surface area contributed by atoms with Crippen LogP contribution >= 0.6 is 0 Å². The van der Waals surface area contributed by atoms with Crippen molar-refractivity contribution in [2.75, 3.05) is 19.6 Å². The molecule has 1 saturated heterocycles. The summed E-state index contributed by atoms with van der Waals surface area (Å²) >= 11 is 0. The van der Waals surface area contributed by atoms with Crippen LogP contribution in [-0.4, -0.2) is 36.5 Å². The largest absolute Gasteiger partial charge is 0.348 e. The van der Waals surface area contributed by atoms with Crippen LogP contribution in [0.25, 0.3) is 0 Å². The number of benzene rings is 1. The Balaban J connectivity index is 1.87. The quantitative estimate of drug-likeness (QED) is 0.807. The zero-order valence-corrected chi connectivity index (χ0v) is 12.3. The monoisotopic (exact) mass is 272 g/mol. The first kappa shape index (κ1) is 14.8. The summed E-state index contributed by atoms with van der Waals surface area (Å²) in [5.41, 5.74) is 1.93. The summed E-state index contributed by atoms with van der Waals surface area (Å²) in [6, 6.07) is 8.07. The highest BCUT2D eigenvalue weighted by molar-refractivity contribution is 5.94. The van der Waals surface area contributed by atoms with Crippen LogP contribution in [-0.2, 0) is 6.42 Å². The van der Waals surface area contributed by atoms with Crippen LogP contribution in [0.2, 0.25) is 0 Å². The van der Waals surface area contributed by atoms with Crippen LogP contribution in [0.15, 0.2) is 36.9 Å². The minimum atomic E-state index is 0.0403. The number of hydrogen-bond acceptors (Lipinski definition) is 2. The Morgan fingerprint density at radius 2 is 2.20 bits per heavy atom. The van der Waals surface area contributed by atoms with Crippen LogP contribution in [0.3, 0.4) is 0 Å². The van der Waals surface area contributed by atoms with E-state index in [1.807, 2.05) is 30.3 Å². The summed E-state index contributed by atoms with van der Waals surface area (Å²) in [7, 11) is 0. The molecule has 1 aliphatic rings. The molecule has 1 aliphatic heterocycles. The zero-order chi connectivity index (χ0) is 14.4. The predicted octanol–water partition coefficient (Wildman–Crippen LogP) is 2.63. The van der Waals surface area contributed by atoms with E-state index >= 15 is 0 Å². The Kier molecular flexibility index (Phi) is 5.36. The molecule has 1 aromatic rings. The normalized spacial score (nSPS) is 18.9. The number of allylic oxidation sites excluding steroid dienone is 1. The molecular formula is C17H24N2O. The van der Waals surface area contributed by atoms with Crippen LogP contribution in [0.5, 0.6) is 0 Å². The number of amides is 1. The van der Waals surface area contributed by atoms with Gasteiger partial charge >= 0.3 is 0 Å². The lowest BCUT2D eigenvalue weighted by Gasteiger charge is -2.15. The Labute approximate surface area is 121 Å². The predicted molar refractivity (Wildman–Crippen MR) is 82.9 cm³/mol. The molecule has 1 atom stereocenters. The molecule has 1 N–H and O–H groups in total. The molecule has 3 nitrogen and oxygen atoms in total. The van der Waals surface area contributed by atoms with Gasteiger partial charge in [0.2, 0.25) is 0 Å². The van der Waals surface area contributed by atoms with E-state index in [-0.39, 0.29) is 5.91 Å². The number of likely N-dealkylation sites (tertiary alicyclic amines) is 1. The van der Waals surface area contributed by atoms with Crippen LogP contribution in [0.1, 0.15) is 35.7 Å². The van der Waals surface area contributed by atoms with E-state index in [0.717, 1.165) is 38.0 Å². The van der Waals surface area contributed by atoms with Crippen LogP contribution in [0, 0.1) is 0 Å². The standard InChI is InChI=1S/C17H24N2O/c1-3-5-14-6-8-15(9-7-14)17(20)18-16-10-12-19(13-16)11-4-2/h3,6-9,16H,1,4-5,10-13H2,2H3,(H,18,20). The third-order valence-corrected chi connectivity index (χ3v) is 3.74. The first-order valence-electron chi connectivity index (χ1n) is 7.46. The summed E-state index contributed by atoms with van der Waals surface area (Å²) < 4.78 is 0. The van der Waals surface area contributed by atoms with Gasteiger partial charge in [0.15, 0.2) is 0 Å². The SMILES string of the molecule is C=CCc1ccc(C(=O)NC2CCN(CCC)C2)cc1. The molecule has 0 radical (unpaired) electrons. The second-order valence-electron chi connectivity index (χ2n) is 5.45. The van der Waals surface area contributed by atoms with E-state index in [2.05, 4.69) is 23.7 Å². The highest BCUT2D eigenvalue weighted by atomic mass is 16.1. The van der Waals surface area contributed by atoms with Crippen molar-refractivity contribution in [3.05, 3.63) is 48.0 Å². The maximum Gasteiger partial charge on any atom is 0.251 e. The lowest BCUT2D eigenvalue weighted by atomic mass is 10.1. The lowest BCUT2D eigenvalue weighted by molar-refractivity contribution is 0.0938. The molecule has 1 amide bonds. The molecule has 2 rings (SSSR count). The van der Waals surface area contributed by atoms with Gasteiger partial charge < -0.3 is 10.2 Å². The Bertz CT molecular complexity index is 453. The molecule has 3 heteroatoms. The molecule has 0 saturated carbocycles. The third kappa shape index (κ3) is 3.94. The lowest BCUT2D eigenvalue weighted by Crippen LogP contribution is -2.37. The molecule has 1 unspecified atom stereocenters. The fourth-order valence-electron chi connectivity index (χ4n) is 2.70. The van der Waals surface area contributed by atoms with Gasteiger partial charge in [0, 0.05) is 24.7 Å². The minimum Gasteiger partial charge on any atom is -0.348 e. The summed E-state index contributed by atoms with van der Waals surface area (Å²) in [5.74, 6) is 0.0403. The van der Waals surface area contributed by atoms with Crippen molar-refractivity contribution in [3.63, 3.8) is 0 Å². The number of carbonyl (C=O) groups excluding carboxylic acids is 1. The molecule has 1 heterocycles. The maximum absolute atomic E-state index is 12.2. The number of nitrogens with one attached hydrogen (secondary N) is 1. The summed E-state index contributed by atoms with van der Waals surface area (Å²) in [6.45, 7) is 9.11. The van der Waals surface area contributed by atoms with E-state index in [4.69, 9.17) is 0 Å². The van der Waals surface area contributed by atoms with Gasteiger partial charge in [-0.15, -0.1) is 6.58 Å². The van der Waals surface area contributed by atoms with E-state index in [1.165, 1.54) is 12.0 Å². The molecule has 0 aliphatic carbocycles. The van der Waals surface area contributed by atoms with E-state index < -0.39 is 0 Å². The molecule has 1 aromatic carbocycles. The molecule has 20 heavy (non-hydrogen) atoms. The Morgan fingerprint density at radius 1 is 1.45 bits per heavy atom. The van der Waals surface area contributed by atoms with Crippen molar-refractivity contribution in [3.8, 4) is 0 Å². The van der Waals surface area contributed by atoms with Crippen molar-refractivity contribution in [2.24, 2.45) is 0 Å². The number of carbonyl (C=O) groups is 1. The third-order valence-electron chi connectivity index (χ3n) is 3.74. The van der Waals surface area contributed by atoms with Crippen molar-refractivity contribution in [1.29, 1.82) is 0 Å². The van der Waals surface area contributed by atoms with E-state index in [1.54, 1.807) is 0 Å². The van der Waals surface area contributed by atoms with Crippen molar-refractivity contribution in [1.82, 2.24) is 10.2 Å².